The summed E-state index contributed by atoms with van der Waals surface area (Å²) in [6.45, 7) is 5.10. The van der Waals surface area contributed by atoms with Crippen molar-refractivity contribution in [3.63, 3.8) is 0 Å². The number of hydrogen-bond acceptors (Lipinski definition) is 7. The summed E-state index contributed by atoms with van der Waals surface area (Å²) in [6, 6.07) is 6.97. The minimum Gasteiger partial charge on any atom is -0.458 e. The Morgan fingerprint density at radius 1 is 1.19 bits per heavy atom. The van der Waals surface area contributed by atoms with Crippen LogP contribution < -0.4 is 5.06 Å². The lowest BCUT2D eigenvalue weighted by Crippen LogP contribution is -2.70. The van der Waals surface area contributed by atoms with Gasteiger partial charge in [-0.15, -0.1) is 0 Å². The first kappa shape index (κ1) is 30.4. The molecule has 3 saturated carbocycles. The van der Waals surface area contributed by atoms with E-state index in [9.17, 15) is 19.5 Å². The zero-order valence-electron chi connectivity index (χ0n) is 24.7. The van der Waals surface area contributed by atoms with Crippen LogP contribution in [0.4, 0.5) is 14.5 Å². The molecule has 1 aromatic rings. The summed E-state index contributed by atoms with van der Waals surface area (Å²) in [5.41, 5.74) is -5.74. The highest BCUT2D eigenvalue weighted by molar-refractivity contribution is 6.30. The number of unbranched alkanes of at least 4 members (excludes halogenated alkanes) is 1. The van der Waals surface area contributed by atoms with Gasteiger partial charge in [-0.25, -0.2) is 8.78 Å². The first-order chi connectivity index (χ1) is 20.3. The number of carbonyl (C=O) groups excluding carboxylic acids is 3. The largest absolute Gasteiger partial charge is 0.458 e. The predicted octanol–water partition coefficient (Wildman–Crippen LogP) is 5.68. The van der Waals surface area contributed by atoms with Gasteiger partial charge in [0.15, 0.2) is 23.7 Å². The van der Waals surface area contributed by atoms with Crippen molar-refractivity contribution >= 4 is 34.8 Å². The van der Waals surface area contributed by atoms with Crippen LogP contribution in [0.25, 0.3) is 0 Å². The van der Waals surface area contributed by atoms with Gasteiger partial charge in [0.2, 0.25) is 5.78 Å². The summed E-state index contributed by atoms with van der Waals surface area (Å²) in [5, 5.41) is 13.9. The normalized spacial score (nSPS) is 41.2. The van der Waals surface area contributed by atoms with Crippen LogP contribution in [0, 0.1) is 28.6 Å². The molecule has 0 spiro atoms. The minimum absolute atomic E-state index is 0.0505. The molecule has 0 amide bonds. The van der Waals surface area contributed by atoms with Crippen molar-refractivity contribution in [1.29, 1.82) is 0 Å². The Labute approximate surface area is 255 Å². The number of ether oxygens (including phenoxy) is 1. The second kappa shape index (κ2) is 10.5. The number of nitrogens with zero attached hydrogens (tertiary/aromatic N) is 1. The number of hydroxylamine groups is 1. The zero-order valence-corrected chi connectivity index (χ0v) is 25.4. The Balaban J connectivity index is 1.40. The van der Waals surface area contributed by atoms with E-state index in [-0.39, 0.29) is 24.8 Å². The van der Waals surface area contributed by atoms with Crippen molar-refractivity contribution in [3.8, 4) is 0 Å². The quantitative estimate of drug-likeness (QED) is 0.394. The third kappa shape index (κ3) is 4.21. The third-order valence-corrected chi connectivity index (χ3v) is 11.5. The van der Waals surface area contributed by atoms with E-state index in [2.05, 4.69) is 0 Å². The molecule has 1 saturated heterocycles. The number of anilines is 1. The van der Waals surface area contributed by atoms with Gasteiger partial charge in [-0.3, -0.25) is 24.3 Å². The molecule has 4 fully saturated rings. The molecule has 5 aliphatic rings. The van der Waals surface area contributed by atoms with Gasteiger partial charge in [0, 0.05) is 34.1 Å². The van der Waals surface area contributed by atoms with Gasteiger partial charge in [0.1, 0.15) is 6.17 Å². The van der Waals surface area contributed by atoms with Gasteiger partial charge < -0.3 is 9.84 Å². The predicted molar refractivity (Wildman–Crippen MR) is 156 cm³/mol. The fraction of sp³-hybridized carbons (Fsp3) is 0.606. The van der Waals surface area contributed by atoms with Gasteiger partial charge in [0.05, 0.1) is 18.3 Å². The van der Waals surface area contributed by atoms with E-state index in [1.54, 1.807) is 36.3 Å². The van der Waals surface area contributed by atoms with Crippen molar-refractivity contribution < 1.29 is 37.8 Å². The Bertz CT molecular complexity index is 1400. The number of carbonyl (C=O) groups is 3. The second-order valence-electron chi connectivity index (χ2n) is 13.3. The lowest BCUT2D eigenvalue weighted by Gasteiger charge is -2.63. The Hall–Kier alpha value is -2.62. The van der Waals surface area contributed by atoms with E-state index >= 15 is 8.78 Å². The molecule has 7 nitrogen and oxygen atoms in total. The number of aliphatic hydroxyl groups is 1. The molecule has 6 rings (SSSR count). The summed E-state index contributed by atoms with van der Waals surface area (Å²) in [6.07, 6.45) is 2.26. The number of alkyl halides is 2. The lowest BCUT2D eigenvalue weighted by molar-refractivity contribution is -0.228. The van der Waals surface area contributed by atoms with Crippen molar-refractivity contribution in [2.45, 2.75) is 82.8 Å². The van der Waals surface area contributed by atoms with Gasteiger partial charge >= 0.3 is 5.97 Å². The third-order valence-electron chi connectivity index (χ3n) is 11.2. The second-order valence-corrected chi connectivity index (χ2v) is 13.8. The molecule has 0 bridgehead atoms. The van der Waals surface area contributed by atoms with Crippen molar-refractivity contribution in [3.05, 3.63) is 53.1 Å². The SMILES string of the molecule is CCCCC(=O)OCC(=O)C12ON(c3ccc(Cl)cc3)CC1CC1C3CC(F)C4=CC(=O)C=CC4(C)C3(F)C(O)CC12C. The molecule has 1 N–H and O–H groups in total. The summed E-state index contributed by atoms with van der Waals surface area (Å²) < 4.78 is 39.0. The molecule has 1 aliphatic heterocycles. The molecule has 232 valence electrons. The first-order valence-corrected chi connectivity index (χ1v) is 15.6. The van der Waals surface area contributed by atoms with Crippen LogP contribution in [0.15, 0.2) is 48.1 Å². The minimum atomic E-state index is -2.27. The van der Waals surface area contributed by atoms with Crippen LogP contribution in [0.1, 0.15) is 59.3 Å². The molecular weight excluding hydrogens is 580 g/mol. The van der Waals surface area contributed by atoms with Crippen LogP contribution in [0.3, 0.4) is 0 Å². The van der Waals surface area contributed by atoms with Crippen LogP contribution in [0.5, 0.6) is 0 Å². The van der Waals surface area contributed by atoms with Crippen LogP contribution in [0.2, 0.25) is 5.02 Å². The fourth-order valence-corrected chi connectivity index (χ4v) is 9.28. The van der Waals surface area contributed by atoms with Gasteiger partial charge in [-0.05, 0) is 80.5 Å². The van der Waals surface area contributed by atoms with Crippen molar-refractivity contribution in [2.24, 2.45) is 28.6 Å². The highest BCUT2D eigenvalue weighted by atomic mass is 35.5. The molecule has 43 heavy (non-hydrogen) atoms. The summed E-state index contributed by atoms with van der Waals surface area (Å²) >= 11 is 6.10. The fourth-order valence-electron chi connectivity index (χ4n) is 9.16. The van der Waals surface area contributed by atoms with E-state index in [1.807, 2.05) is 13.8 Å². The van der Waals surface area contributed by atoms with E-state index in [4.69, 9.17) is 21.2 Å². The van der Waals surface area contributed by atoms with Gasteiger partial charge in [-0.2, -0.15) is 0 Å². The number of rotatable bonds is 7. The summed E-state index contributed by atoms with van der Waals surface area (Å²) in [7, 11) is 0. The molecule has 0 aromatic heterocycles. The molecular formula is C33H38ClF2NO6. The molecule has 1 heterocycles. The monoisotopic (exact) mass is 617 g/mol. The van der Waals surface area contributed by atoms with Crippen LogP contribution in [-0.4, -0.2) is 59.3 Å². The number of halogens is 3. The number of aliphatic hydroxyl groups excluding tert-OH is 1. The maximum absolute atomic E-state index is 17.7. The number of Topliss-reactive ketones (excluding diaryl/α,β-unsaturated/α-hetero) is 1. The Morgan fingerprint density at radius 2 is 1.91 bits per heavy atom. The van der Waals surface area contributed by atoms with Crippen molar-refractivity contribution in [2.75, 3.05) is 18.2 Å². The maximum Gasteiger partial charge on any atom is 0.306 e. The van der Waals surface area contributed by atoms with Crippen molar-refractivity contribution in [1.82, 2.24) is 0 Å². The lowest BCUT2D eigenvalue weighted by atomic mass is 9.44. The standard InChI is InChI=1S/C33H38ClF2NO6/c1-4-5-6-29(41)42-18-28(40)33-19(17-37(43-33)21-9-7-20(34)8-10-21)13-23-24-15-26(35)25-14-22(38)11-12-30(25,2)32(24,36)27(39)16-31(23,33)3/h7-12,14,19,23-24,26-27,39H,4-6,13,15-18H2,1-3H3. The average Bonchev–Trinajstić information content (AvgIpc) is 3.47. The molecule has 1 aromatic carbocycles. The summed E-state index contributed by atoms with van der Waals surface area (Å²) in [4.78, 5) is 45.5. The van der Waals surface area contributed by atoms with E-state index in [1.165, 1.54) is 12.2 Å². The molecule has 0 radical (unpaired) electrons. The smallest absolute Gasteiger partial charge is 0.306 e. The van der Waals surface area contributed by atoms with Gasteiger partial charge in [-0.1, -0.05) is 37.9 Å². The number of benzene rings is 1. The first-order valence-electron chi connectivity index (χ1n) is 15.2. The molecule has 9 unspecified atom stereocenters. The number of fused-ring (bicyclic) bond motifs is 7. The molecule has 10 heteroatoms. The maximum atomic E-state index is 17.7. The Kier molecular flexibility index (Phi) is 7.41. The number of ketones is 2. The van der Waals surface area contributed by atoms with Crippen LogP contribution in [-0.2, 0) is 24.0 Å². The highest BCUT2D eigenvalue weighted by Gasteiger charge is 2.79. The highest BCUT2D eigenvalue weighted by Crippen LogP contribution is 2.72. The van der Waals surface area contributed by atoms with E-state index < -0.39 is 76.3 Å². The molecule has 9 atom stereocenters. The Morgan fingerprint density at radius 3 is 2.60 bits per heavy atom. The zero-order chi connectivity index (χ0) is 30.9. The topological polar surface area (TPSA) is 93.1 Å². The number of hydrogen-bond donors (Lipinski definition) is 1. The number of esters is 1. The summed E-state index contributed by atoms with van der Waals surface area (Å²) in [5.74, 6) is -3.27. The average molecular weight is 618 g/mol. The van der Waals surface area contributed by atoms with E-state index in [0.29, 0.717) is 30.1 Å². The molecule has 4 aliphatic carbocycles. The van der Waals surface area contributed by atoms with Crippen LogP contribution >= 0.6 is 11.6 Å². The number of allylic oxidation sites excluding steroid dienone is 4. The van der Waals surface area contributed by atoms with Gasteiger partial charge in [0.25, 0.3) is 0 Å². The van der Waals surface area contributed by atoms with E-state index in [0.717, 1.165) is 12.5 Å².